The highest BCUT2D eigenvalue weighted by Gasteiger charge is 2.34. The molecule has 0 saturated carbocycles. The summed E-state index contributed by atoms with van der Waals surface area (Å²) >= 11 is 6.12. The third-order valence-corrected chi connectivity index (χ3v) is 5.41. The van der Waals surface area contributed by atoms with E-state index in [0.29, 0.717) is 22.3 Å². The van der Waals surface area contributed by atoms with E-state index in [9.17, 15) is 4.79 Å². The van der Waals surface area contributed by atoms with E-state index in [1.165, 1.54) is 0 Å². The van der Waals surface area contributed by atoms with Crippen molar-refractivity contribution in [3.8, 4) is 0 Å². The van der Waals surface area contributed by atoms with Gasteiger partial charge < -0.3 is 9.84 Å². The van der Waals surface area contributed by atoms with Crippen molar-refractivity contribution < 1.29 is 9.32 Å². The lowest BCUT2D eigenvalue weighted by Gasteiger charge is -2.33. The quantitative estimate of drug-likeness (QED) is 0.828. The fraction of sp³-hybridized carbons (Fsp3) is 0.474. The third kappa shape index (κ3) is 3.20. The molecule has 1 aromatic carbocycles. The molecule has 1 atom stereocenters. The summed E-state index contributed by atoms with van der Waals surface area (Å²) < 4.78 is 5.42. The van der Waals surface area contributed by atoms with Gasteiger partial charge in [0.05, 0.1) is 0 Å². The maximum Gasteiger partial charge on any atom is 0.278 e. The average Bonchev–Trinajstić information content (AvgIpc) is 2.94. The van der Waals surface area contributed by atoms with Gasteiger partial charge in [-0.3, -0.25) is 4.79 Å². The molecule has 128 valence electrons. The molecule has 1 heterocycles. The summed E-state index contributed by atoms with van der Waals surface area (Å²) in [4.78, 5) is 12.7. The Morgan fingerprint density at radius 3 is 2.83 bits per heavy atom. The highest BCUT2D eigenvalue weighted by atomic mass is 35.5. The highest BCUT2D eigenvalue weighted by molar-refractivity contribution is 6.31. The number of hydrogen-bond acceptors (Lipinski definition) is 3. The predicted octanol–water partition coefficient (Wildman–Crippen LogP) is 5.04. The van der Waals surface area contributed by atoms with E-state index in [4.69, 9.17) is 16.1 Å². The topological polar surface area (TPSA) is 55.1 Å². The lowest BCUT2D eigenvalue weighted by molar-refractivity contribution is 0.101. The molecule has 1 amide bonds. The van der Waals surface area contributed by atoms with E-state index in [1.807, 2.05) is 19.1 Å². The lowest BCUT2D eigenvalue weighted by Crippen LogP contribution is -2.27. The SMILES string of the molecule is Cc1c(Cl)cccc1NC(=O)c1noc2c1C[C@H](C(C)(C)C)CC2. The van der Waals surface area contributed by atoms with Crippen molar-refractivity contribution in [2.24, 2.45) is 11.3 Å². The number of hydrogen-bond donors (Lipinski definition) is 1. The summed E-state index contributed by atoms with van der Waals surface area (Å²) in [6, 6.07) is 5.46. The Morgan fingerprint density at radius 2 is 2.12 bits per heavy atom. The molecule has 5 heteroatoms. The van der Waals surface area contributed by atoms with Crippen molar-refractivity contribution in [1.82, 2.24) is 5.16 Å². The molecule has 0 fully saturated rings. The Labute approximate surface area is 147 Å². The zero-order valence-corrected chi connectivity index (χ0v) is 15.3. The maximum absolute atomic E-state index is 12.7. The summed E-state index contributed by atoms with van der Waals surface area (Å²) in [5.41, 5.74) is 3.10. The van der Waals surface area contributed by atoms with Gasteiger partial charge in [0, 0.05) is 22.7 Å². The smallest absolute Gasteiger partial charge is 0.278 e. The maximum atomic E-state index is 12.7. The van der Waals surface area contributed by atoms with Crippen LogP contribution in [0.25, 0.3) is 0 Å². The van der Waals surface area contributed by atoms with E-state index in [1.54, 1.807) is 6.07 Å². The molecular formula is C19H23ClN2O2. The summed E-state index contributed by atoms with van der Waals surface area (Å²) in [7, 11) is 0. The number of benzene rings is 1. The van der Waals surface area contributed by atoms with Crippen LogP contribution in [0.15, 0.2) is 22.7 Å². The monoisotopic (exact) mass is 346 g/mol. The van der Waals surface area contributed by atoms with Crippen LogP contribution in [0.5, 0.6) is 0 Å². The van der Waals surface area contributed by atoms with Crippen LogP contribution in [0, 0.1) is 18.3 Å². The fourth-order valence-electron chi connectivity index (χ4n) is 3.25. The van der Waals surface area contributed by atoms with Gasteiger partial charge in [0.15, 0.2) is 5.69 Å². The summed E-state index contributed by atoms with van der Waals surface area (Å²) in [6.45, 7) is 8.60. The normalized spacial score (nSPS) is 17.5. The number of anilines is 1. The molecule has 0 unspecified atom stereocenters. The molecule has 4 nitrogen and oxygen atoms in total. The Balaban J connectivity index is 1.85. The van der Waals surface area contributed by atoms with Crippen molar-refractivity contribution in [1.29, 1.82) is 0 Å². The second kappa shape index (κ2) is 6.25. The molecule has 0 saturated heterocycles. The standard InChI is InChI=1S/C19H23ClN2O2/c1-11-14(20)6-5-7-15(11)21-18(23)17-13-10-12(19(2,3)4)8-9-16(13)24-22-17/h5-7,12H,8-10H2,1-4H3,(H,21,23)/t12-/m1/s1. The number of amides is 1. The predicted molar refractivity (Wildman–Crippen MR) is 95.6 cm³/mol. The van der Waals surface area contributed by atoms with Gasteiger partial charge in [-0.15, -0.1) is 0 Å². The van der Waals surface area contributed by atoms with Gasteiger partial charge in [0.1, 0.15) is 5.76 Å². The first-order valence-electron chi connectivity index (χ1n) is 8.31. The van der Waals surface area contributed by atoms with Crippen molar-refractivity contribution in [2.45, 2.75) is 47.0 Å². The van der Waals surface area contributed by atoms with Gasteiger partial charge in [-0.1, -0.05) is 43.6 Å². The van der Waals surface area contributed by atoms with Crippen molar-refractivity contribution in [3.63, 3.8) is 0 Å². The van der Waals surface area contributed by atoms with Gasteiger partial charge in [-0.25, -0.2) is 0 Å². The Morgan fingerprint density at radius 1 is 1.38 bits per heavy atom. The van der Waals surface area contributed by atoms with Crippen LogP contribution >= 0.6 is 11.6 Å². The number of fused-ring (bicyclic) bond motifs is 1. The van der Waals surface area contributed by atoms with E-state index in [-0.39, 0.29) is 11.3 Å². The van der Waals surface area contributed by atoms with E-state index in [0.717, 1.165) is 36.1 Å². The molecule has 0 radical (unpaired) electrons. The minimum Gasteiger partial charge on any atom is -0.360 e. The largest absolute Gasteiger partial charge is 0.360 e. The number of carbonyl (C=O) groups excluding carboxylic acids is 1. The minimum atomic E-state index is -0.236. The summed E-state index contributed by atoms with van der Waals surface area (Å²) in [5, 5.41) is 7.58. The summed E-state index contributed by atoms with van der Waals surface area (Å²) in [5.74, 6) is 1.13. The first-order valence-corrected chi connectivity index (χ1v) is 8.69. The number of nitrogens with one attached hydrogen (secondary N) is 1. The van der Waals surface area contributed by atoms with Crippen LogP contribution in [0.3, 0.4) is 0 Å². The molecule has 1 aromatic heterocycles. The molecule has 1 aliphatic carbocycles. The zero-order chi connectivity index (χ0) is 17.5. The Hall–Kier alpha value is -1.81. The molecule has 24 heavy (non-hydrogen) atoms. The lowest BCUT2D eigenvalue weighted by atomic mass is 9.71. The van der Waals surface area contributed by atoms with Crippen LogP contribution in [-0.2, 0) is 12.8 Å². The second-order valence-electron chi connectivity index (χ2n) is 7.61. The number of aryl methyl sites for hydroxylation is 1. The Kier molecular flexibility index (Phi) is 4.43. The van der Waals surface area contributed by atoms with Gasteiger partial charge >= 0.3 is 0 Å². The van der Waals surface area contributed by atoms with Gasteiger partial charge in [0.2, 0.25) is 0 Å². The molecule has 1 aliphatic rings. The second-order valence-corrected chi connectivity index (χ2v) is 8.01. The summed E-state index contributed by atoms with van der Waals surface area (Å²) in [6.07, 6.45) is 2.74. The van der Waals surface area contributed by atoms with Crippen LogP contribution in [0.1, 0.15) is 54.6 Å². The third-order valence-electron chi connectivity index (χ3n) is 5.00. The molecule has 1 N–H and O–H groups in total. The number of rotatable bonds is 2. The van der Waals surface area contributed by atoms with Crippen molar-refractivity contribution >= 4 is 23.2 Å². The molecule has 0 spiro atoms. The van der Waals surface area contributed by atoms with Crippen LogP contribution < -0.4 is 5.32 Å². The van der Waals surface area contributed by atoms with Crippen LogP contribution in [0.2, 0.25) is 5.02 Å². The average molecular weight is 347 g/mol. The molecule has 0 bridgehead atoms. The van der Waals surface area contributed by atoms with Gasteiger partial charge in [-0.2, -0.15) is 0 Å². The fourth-order valence-corrected chi connectivity index (χ4v) is 3.42. The van der Waals surface area contributed by atoms with Crippen molar-refractivity contribution in [2.75, 3.05) is 5.32 Å². The molecular weight excluding hydrogens is 324 g/mol. The first-order chi connectivity index (χ1) is 11.3. The van der Waals surface area contributed by atoms with E-state index < -0.39 is 0 Å². The minimum absolute atomic E-state index is 0.201. The molecule has 0 aliphatic heterocycles. The van der Waals surface area contributed by atoms with Crippen molar-refractivity contribution in [3.05, 3.63) is 45.8 Å². The van der Waals surface area contributed by atoms with Gasteiger partial charge in [0.25, 0.3) is 5.91 Å². The number of carbonyl (C=O) groups is 1. The number of halogens is 1. The highest BCUT2D eigenvalue weighted by Crippen LogP contribution is 2.38. The van der Waals surface area contributed by atoms with Crippen LogP contribution in [0.4, 0.5) is 5.69 Å². The van der Waals surface area contributed by atoms with Gasteiger partial charge in [-0.05, 0) is 48.8 Å². The number of nitrogens with zero attached hydrogens (tertiary/aromatic N) is 1. The zero-order valence-electron chi connectivity index (χ0n) is 14.6. The first kappa shape index (κ1) is 17.0. The number of aromatic nitrogens is 1. The van der Waals surface area contributed by atoms with E-state index in [2.05, 4.69) is 31.2 Å². The molecule has 3 rings (SSSR count). The van der Waals surface area contributed by atoms with Crippen LogP contribution in [-0.4, -0.2) is 11.1 Å². The Bertz CT molecular complexity index is 774. The molecule has 2 aromatic rings. The van der Waals surface area contributed by atoms with E-state index >= 15 is 0 Å².